The van der Waals surface area contributed by atoms with Crippen LogP contribution in [-0.2, 0) is 4.79 Å². The SMILES string of the molecule is COc1ccc(C2CC(=O)Nc3c(C(=O)O)nsc32)cc1. The van der Waals surface area contributed by atoms with Gasteiger partial charge in [-0.15, -0.1) is 0 Å². The van der Waals surface area contributed by atoms with E-state index in [1.54, 1.807) is 7.11 Å². The lowest BCUT2D eigenvalue weighted by Crippen LogP contribution is -2.23. The molecule has 0 saturated carbocycles. The summed E-state index contributed by atoms with van der Waals surface area (Å²) in [5, 5.41) is 11.7. The molecule has 1 atom stereocenters. The zero-order chi connectivity index (χ0) is 15.0. The molecule has 1 aromatic carbocycles. The molecule has 0 saturated heterocycles. The van der Waals surface area contributed by atoms with Crippen molar-refractivity contribution in [2.75, 3.05) is 12.4 Å². The number of rotatable bonds is 3. The zero-order valence-electron chi connectivity index (χ0n) is 11.1. The van der Waals surface area contributed by atoms with Crippen molar-refractivity contribution in [1.29, 1.82) is 0 Å². The quantitative estimate of drug-likeness (QED) is 0.908. The van der Waals surface area contributed by atoms with Crippen molar-refractivity contribution in [3.05, 3.63) is 40.4 Å². The Labute approximate surface area is 124 Å². The molecule has 21 heavy (non-hydrogen) atoms. The van der Waals surface area contributed by atoms with Gasteiger partial charge in [-0.25, -0.2) is 4.79 Å². The molecule has 1 unspecified atom stereocenters. The van der Waals surface area contributed by atoms with Gasteiger partial charge in [-0.05, 0) is 29.2 Å². The van der Waals surface area contributed by atoms with Gasteiger partial charge in [0, 0.05) is 12.3 Å². The van der Waals surface area contributed by atoms with E-state index in [0.717, 1.165) is 27.7 Å². The van der Waals surface area contributed by atoms with Crippen LogP contribution in [0.25, 0.3) is 0 Å². The summed E-state index contributed by atoms with van der Waals surface area (Å²) in [6.45, 7) is 0. The maximum absolute atomic E-state index is 11.9. The molecule has 2 aromatic rings. The van der Waals surface area contributed by atoms with Gasteiger partial charge in [0.15, 0.2) is 5.69 Å². The third-order valence-corrected chi connectivity index (χ3v) is 4.37. The Morgan fingerprint density at radius 2 is 2.14 bits per heavy atom. The predicted molar refractivity (Wildman–Crippen MR) is 77.2 cm³/mol. The monoisotopic (exact) mass is 304 g/mol. The molecule has 1 aromatic heterocycles. The number of carbonyl (C=O) groups excluding carboxylic acids is 1. The lowest BCUT2D eigenvalue weighted by Gasteiger charge is -2.22. The number of carbonyl (C=O) groups is 2. The van der Waals surface area contributed by atoms with Crippen LogP contribution in [0.5, 0.6) is 5.75 Å². The fraction of sp³-hybridized carbons (Fsp3) is 0.214. The topological polar surface area (TPSA) is 88.5 Å². The standard InChI is InChI=1S/C14H12N2O4S/c1-20-8-4-2-7(3-5-8)9-6-10(17)15-11-12(14(18)19)16-21-13(9)11/h2-5,9H,6H2,1H3,(H,15,17)(H,18,19). The second kappa shape index (κ2) is 5.17. The third kappa shape index (κ3) is 2.36. The number of anilines is 1. The van der Waals surface area contributed by atoms with Crippen LogP contribution < -0.4 is 10.1 Å². The van der Waals surface area contributed by atoms with Crippen molar-refractivity contribution in [3.63, 3.8) is 0 Å². The van der Waals surface area contributed by atoms with Gasteiger partial charge < -0.3 is 15.2 Å². The van der Waals surface area contributed by atoms with Crippen LogP contribution in [0.2, 0.25) is 0 Å². The molecule has 2 N–H and O–H groups in total. The summed E-state index contributed by atoms with van der Waals surface area (Å²) in [5.41, 5.74) is 1.17. The van der Waals surface area contributed by atoms with Crippen LogP contribution in [-0.4, -0.2) is 28.5 Å². The molecular formula is C14H12N2O4S. The minimum Gasteiger partial charge on any atom is -0.497 e. The van der Waals surface area contributed by atoms with Crippen LogP contribution in [0.1, 0.15) is 33.3 Å². The molecule has 0 fully saturated rings. The minimum atomic E-state index is -1.14. The van der Waals surface area contributed by atoms with Gasteiger partial charge >= 0.3 is 5.97 Å². The number of fused-ring (bicyclic) bond motifs is 1. The zero-order valence-corrected chi connectivity index (χ0v) is 11.9. The second-order valence-corrected chi connectivity index (χ2v) is 5.46. The molecule has 0 spiro atoms. The first kappa shape index (κ1) is 13.6. The number of hydrogen-bond acceptors (Lipinski definition) is 5. The Morgan fingerprint density at radius 3 is 2.76 bits per heavy atom. The number of amides is 1. The molecule has 108 valence electrons. The predicted octanol–water partition coefficient (Wildman–Crippen LogP) is 2.32. The highest BCUT2D eigenvalue weighted by atomic mass is 32.1. The summed E-state index contributed by atoms with van der Waals surface area (Å²) in [5.74, 6) is -0.783. The maximum atomic E-state index is 11.9. The molecule has 6 nitrogen and oxygen atoms in total. The Balaban J connectivity index is 2.04. The van der Waals surface area contributed by atoms with E-state index in [4.69, 9.17) is 9.84 Å². The van der Waals surface area contributed by atoms with Crippen molar-refractivity contribution >= 4 is 29.1 Å². The molecular weight excluding hydrogens is 292 g/mol. The van der Waals surface area contributed by atoms with Crippen molar-refractivity contribution in [2.45, 2.75) is 12.3 Å². The Bertz CT molecular complexity index is 708. The van der Waals surface area contributed by atoms with Crippen molar-refractivity contribution < 1.29 is 19.4 Å². The number of carboxylic acid groups (broad SMARTS) is 1. The highest BCUT2D eigenvalue weighted by Crippen LogP contribution is 2.41. The van der Waals surface area contributed by atoms with Gasteiger partial charge in [0.2, 0.25) is 5.91 Å². The first-order valence-corrected chi connectivity index (χ1v) is 7.04. The average Bonchev–Trinajstić information content (AvgIpc) is 2.90. The van der Waals surface area contributed by atoms with Crippen LogP contribution in [0.3, 0.4) is 0 Å². The fourth-order valence-corrected chi connectivity index (χ4v) is 3.33. The lowest BCUT2D eigenvalue weighted by molar-refractivity contribution is -0.116. The van der Waals surface area contributed by atoms with Gasteiger partial charge in [0.05, 0.1) is 17.7 Å². The molecule has 0 bridgehead atoms. The van der Waals surface area contributed by atoms with Gasteiger partial charge in [0.25, 0.3) is 0 Å². The van der Waals surface area contributed by atoms with Gasteiger partial charge in [-0.2, -0.15) is 4.37 Å². The number of hydrogen-bond donors (Lipinski definition) is 2. The number of benzene rings is 1. The number of carboxylic acids is 1. The summed E-state index contributed by atoms with van der Waals surface area (Å²) in [4.78, 5) is 23.8. The molecule has 0 aliphatic carbocycles. The van der Waals surface area contributed by atoms with E-state index in [9.17, 15) is 9.59 Å². The summed E-state index contributed by atoms with van der Waals surface area (Å²) < 4.78 is 9.06. The summed E-state index contributed by atoms with van der Waals surface area (Å²) in [7, 11) is 1.59. The van der Waals surface area contributed by atoms with Crippen LogP contribution in [0, 0.1) is 0 Å². The Morgan fingerprint density at radius 1 is 1.43 bits per heavy atom. The summed E-state index contributed by atoms with van der Waals surface area (Å²) in [6, 6.07) is 7.40. The van der Waals surface area contributed by atoms with Crippen LogP contribution in [0.15, 0.2) is 24.3 Å². The van der Waals surface area contributed by atoms with Crippen molar-refractivity contribution in [2.24, 2.45) is 0 Å². The Hall–Kier alpha value is -2.41. The summed E-state index contributed by atoms with van der Waals surface area (Å²) >= 11 is 1.12. The number of ether oxygens (including phenoxy) is 1. The van der Waals surface area contributed by atoms with E-state index in [1.807, 2.05) is 24.3 Å². The Kier molecular flexibility index (Phi) is 3.34. The molecule has 2 heterocycles. The highest BCUT2D eigenvalue weighted by Gasteiger charge is 2.32. The second-order valence-electron chi connectivity index (χ2n) is 4.65. The normalized spacial score (nSPS) is 17.0. The number of methoxy groups -OCH3 is 1. The van der Waals surface area contributed by atoms with E-state index in [1.165, 1.54) is 0 Å². The smallest absolute Gasteiger partial charge is 0.357 e. The highest BCUT2D eigenvalue weighted by molar-refractivity contribution is 7.06. The van der Waals surface area contributed by atoms with E-state index in [2.05, 4.69) is 9.69 Å². The lowest BCUT2D eigenvalue weighted by atomic mass is 9.90. The van der Waals surface area contributed by atoms with Crippen LogP contribution >= 0.6 is 11.5 Å². The number of aromatic carboxylic acids is 1. The number of aromatic nitrogens is 1. The molecule has 0 radical (unpaired) electrons. The first-order valence-electron chi connectivity index (χ1n) is 6.27. The van der Waals surface area contributed by atoms with E-state index in [0.29, 0.717) is 5.69 Å². The number of nitrogens with zero attached hydrogens (tertiary/aromatic N) is 1. The van der Waals surface area contributed by atoms with Gasteiger partial charge in [0.1, 0.15) is 5.75 Å². The van der Waals surface area contributed by atoms with Crippen molar-refractivity contribution in [3.8, 4) is 5.75 Å². The van der Waals surface area contributed by atoms with E-state index in [-0.39, 0.29) is 23.9 Å². The maximum Gasteiger partial charge on any atom is 0.357 e. The van der Waals surface area contributed by atoms with E-state index >= 15 is 0 Å². The molecule has 3 rings (SSSR count). The largest absolute Gasteiger partial charge is 0.497 e. The van der Waals surface area contributed by atoms with Gasteiger partial charge in [-0.3, -0.25) is 4.79 Å². The van der Waals surface area contributed by atoms with E-state index < -0.39 is 5.97 Å². The minimum absolute atomic E-state index is 0.0958. The molecule has 1 aliphatic heterocycles. The van der Waals surface area contributed by atoms with Crippen molar-refractivity contribution in [1.82, 2.24) is 4.37 Å². The first-order chi connectivity index (χ1) is 10.1. The molecule has 1 aliphatic rings. The average molecular weight is 304 g/mol. The van der Waals surface area contributed by atoms with Gasteiger partial charge in [-0.1, -0.05) is 12.1 Å². The van der Waals surface area contributed by atoms with Crippen LogP contribution in [0.4, 0.5) is 5.69 Å². The molecule has 7 heteroatoms. The summed E-state index contributed by atoms with van der Waals surface area (Å²) in [6.07, 6.45) is 0.278. The number of nitrogens with one attached hydrogen (secondary N) is 1. The fourth-order valence-electron chi connectivity index (χ4n) is 2.38. The third-order valence-electron chi connectivity index (χ3n) is 3.41. The molecule has 1 amide bonds.